The number of rotatable bonds is 8. The highest BCUT2D eigenvalue weighted by molar-refractivity contribution is 5.76. The Bertz CT molecular complexity index is 418. The van der Waals surface area contributed by atoms with E-state index in [0.29, 0.717) is 13.1 Å². The lowest BCUT2D eigenvalue weighted by Crippen LogP contribution is -2.41. The highest BCUT2D eigenvalue weighted by Gasteiger charge is 2.26. The number of carbonyl (C=O) groups is 1. The number of carboxylic acids is 1. The molecule has 1 aromatic rings. The molecule has 0 saturated heterocycles. The van der Waals surface area contributed by atoms with Crippen molar-refractivity contribution in [3.05, 3.63) is 35.9 Å². The summed E-state index contributed by atoms with van der Waals surface area (Å²) in [6.07, 6.45) is 0. The van der Waals surface area contributed by atoms with Crippen LogP contribution in [0.5, 0.6) is 0 Å². The maximum atomic E-state index is 11.5. The Labute approximate surface area is 121 Å². The molecule has 1 rings (SSSR count). The highest BCUT2D eigenvalue weighted by Crippen LogP contribution is 2.21. The molecule has 0 saturated carbocycles. The molecule has 1 atom stereocenters. The predicted octanol–water partition coefficient (Wildman–Crippen LogP) is 2.16. The standard InChI is InChI=1S/C16H26N2O2/c1-4-18(12-16(2,3)11-17)10-14(15(19)20)13-8-6-5-7-9-13/h5-9,14H,4,10-12,17H2,1-3H3,(H,19,20). The molecule has 0 bridgehead atoms. The molecule has 0 aliphatic heterocycles. The number of aliphatic carboxylic acids is 1. The lowest BCUT2D eigenvalue weighted by Gasteiger charge is -2.32. The van der Waals surface area contributed by atoms with Crippen molar-refractivity contribution in [1.29, 1.82) is 0 Å². The van der Waals surface area contributed by atoms with E-state index in [1.165, 1.54) is 0 Å². The molecule has 0 radical (unpaired) electrons. The van der Waals surface area contributed by atoms with Gasteiger partial charge in [-0.25, -0.2) is 0 Å². The number of carboxylic acid groups (broad SMARTS) is 1. The second kappa shape index (κ2) is 7.41. The van der Waals surface area contributed by atoms with Gasteiger partial charge in [0.25, 0.3) is 0 Å². The van der Waals surface area contributed by atoms with Crippen molar-refractivity contribution in [1.82, 2.24) is 4.90 Å². The summed E-state index contributed by atoms with van der Waals surface area (Å²) >= 11 is 0. The quantitative estimate of drug-likeness (QED) is 0.764. The third kappa shape index (κ3) is 4.94. The van der Waals surface area contributed by atoms with Gasteiger partial charge >= 0.3 is 5.97 Å². The zero-order valence-corrected chi connectivity index (χ0v) is 12.7. The Morgan fingerprint density at radius 1 is 1.35 bits per heavy atom. The first-order valence-electron chi connectivity index (χ1n) is 7.10. The van der Waals surface area contributed by atoms with E-state index < -0.39 is 11.9 Å². The summed E-state index contributed by atoms with van der Waals surface area (Å²) in [6, 6.07) is 9.41. The summed E-state index contributed by atoms with van der Waals surface area (Å²) < 4.78 is 0. The van der Waals surface area contributed by atoms with Crippen molar-refractivity contribution in [2.75, 3.05) is 26.2 Å². The molecule has 0 aromatic heterocycles. The maximum Gasteiger partial charge on any atom is 0.312 e. The van der Waals surface area contributed by atoms with Crippen LogP contribution in [0.25, 0.3) is 0 Å². The van der Waals surface area contributed by atoms with E-state index in [9.17, 15) is 9.90 Å². The Kier molecular flexibility index (Phi) is 6.17. The molecule has 0 spiro atoms. The maximum absolute atomic E-state index is 11.5. The molecule has 0 aliphatic carbocycles. The number of nitrogens with zero attached hydrogens (tertiary/aromatic N) is 1. The number of benzene rings is 1. The van der Waals surface area contributed by atoms with Crippen LogP contribution < -0.4 is 5.73 Å². The van der Waals surface area contributed by atoms with Crippen molar-refractivity contribution in [2.24, 2.45) is 11.1 Å². The zero-order chi connectivity index (χ0) is 15.2. The summed E-state index contributed by atoms with van der Waals surface area (Å²) in [7, 11) is 0. The number of likely N-dealkylation sites (N-methyl/N-ethyl adjacent to an activating group) is 1. The van der Waals surface area contributed by atoms with Crippen LogP contribution in [0.15, 0.2) is 30.3 Å². The smallest absolute Gasteiger partial charge is 0.312 e. The van der Waals surface area contributed by atoms with E-state index in [2.05, 4.69) is 25.7 Å². The molecular formula is C16H26N2O2. The average Bonchev–Trinajstić information content (AvgIpc) is 2.43. The van der Waals surface area contributed by atoms with Gasteiger partial charge in [-0.3, -0.25) is 4.79 Å². The van der Waals surface area contributed by atoms with Gasteiger partial charge in [0.05, 0.1) is 5.92 Å². The molecule has 112 valence electrons. The van der Waals surface area contributed by atoms with E-state index in [4.69, 9.17) is 5.73 Å². The van der Waals surface area contributed by atoms with Gasteiger partial charge in [-0.05, 0) is 24.1 Å². The van der Waals surface area contributed by atoms with Crippen LogP contribution in [0.2, 0.25) is 0 Å². The van der Waals surface area contributed by atoms with E-state index in [0.717, 1.165) is 18.7 Å². The van der Waals surface area contributed by atoms with E-state index in [1.807, 2.05) is 30.3 Å². The third-order valence-electron chi connectivity index (χ3n) is 3.59. The highest BCUT2D eigenvalue weighted by atomic mass is 16.4. The second-order valence-electron chi connectivity index (χ2n) is 6.00. The fourth-order valence-corrected chi connectivity index (χ4v) is 2.24. The molecule has 1 unspecified atom stereocenters. The number of nitrogens with two attached hydrogens (primary N) is 1. The molecular weight excluding hydrogens is 252 g/mol. The minimum absolute atomic E-state index is 0.00422. The fraction of sp³-hybridized carbons (Fsp3) is 0.562. The van der Waals surface area contributed by atoms with Crippen LogP contribution >= 0.6 is 0 Å². The Morgan fingerprint density at radius 2 is 1.95 bits per heavy atom. The summed E-state index contributed by atoms with van der Waals surface area (Å²) in [4.78, 5) is 13.7. The lowest BCUT2D eigenvalue weighted by molar-refractivity contribution is -0.139. The van der Waals surface area contributed by atoms with Gasteiger partial charge in [-0.1, -0.05) is 51.1 Å². The minimum atomic E-state index is -0.778. The lowest BCUT2D eigenvalue weighted by atomic mass is 9.91. The van der Waals surface area contributed by atoms with Gasteiger partial charge in [0.15, 0.2) is 0 Å². The Morgan fingerprint density at radius 3 is 2.40 bits per heavy atom. The molecule has 3 N–H and O–H groups in total. The first kappa shape index (κ1) is 16.7. The van der Waals surface area contributed by atoms with E-state index >= 15 is 0 Å². The van der Waals surface area contributed by atoms with Crippen LogP contribution in [-0.2, 0) is 4.79 Å². The minimum Gasteiger partial charge on any atom is -0.481 e. The monoisotopic (exact) mass is 278 g/mol. The summed E-state index contributed by atoms with van der Waals surface area (Å²) in [5.41, 5.74) is 6.61. The number of hydrogen-bond donors (Lipinski definition) is 2. The van der Waals surface area contributed by atoms with Gasteiger partial charge < -0.3 is 15.7 Å². The number of hydrogen-bond acceptors (Lipinski definition) is 3. The normalized spacial score (nSPS) is 13.4. The second-order valence-corrected chi connectivity index (χ2v) is 6.00. The van der Waals surface area contributed by atoms with E-state index in [-0.39, 0.29) is 5.41 Å². The van der Waals surface area contributed by atoms with Gasteiger partial charge in [-0.15, -0.1) is 0 Å². The molecule has 0 heterocycles. The molecule has 1 aromatic carbocycles. The molecule has 4 heteroatoms. The Hall–Kier alpha value is -1.39. The molecule has 20 heavy (non-hydrogen) atoms. The molecule has 0 amide bonds. The van der Waals surface area contributed by atoms with Gasteiger partial charge in [0, 0.05) is 13.1 Å². The average molecular weight is 278 g/mol. The van der Waals surface area contributed by atoms with Crippen LogP contribution in [0.1, 0.15) is 32.3 Å². The molecule has 4 nitrogen and oxygen atoms in total. The summed E-state index contributed by atoms with van der Waals surface area (Å²) in [5, 5.41) is 9.48. The topological polar surface area (TPSA) is 66.6 Å². The van der Waals surface area contributed by atoms with Crippen molar-refractivity contribution in [2.45, 2.75) is 26.7 Å². The van der Waals surface area contributed by atoms with Crippen molar-refractivity contribution >= 4 is 5.97 Å². The first-order valence-corrected chi connectivity index (χ1v) is 7.10. The van der Waals surface area contributed by atoms with Crippen molar-refractivity contribution in [3.8, 4) is 0 Å². The Balaban J connectivity index is 2.81. The van der Waals surface area contributed by atoms with Crippen LogP contribution in [0.4, 0.5) is 0 Å². The molecule has 0 aliphatic rings. The summed E-state index contributed by atoms with van der Waals surface area (Å²) in [6.45, 7) is 8.99. The van der Waals surface area contributed by atoms with Crippen LogP contribution in [0.3, 0.4) is 0 Å². The SMILES string of the molecule is CCN(CC(C(=O)O)c1ccccc1)CC(C)(C)CN. The predicted molar refractivity (Wildman–Crippen MR) is 81.8 cm³/mol. The van der Waals surface area contributed by atoms with Gasteiger partial charge in [0.1, 0.15) is 0 Å². The van der Waals surface area contributed by atoms with Crippen molar-refractivity contribution < 1.29 is 9.90 Å². The first-order chi connectivity index (χ1) is 9.39. The third-order valence-corrected chi connectivity index (χ3v) is 3.59. The van der Waals surface area contributed by atoms with Gasteiger partial charge in [-0.2, -0.15) is 0 Å². The van der Waals surface area contributed by atoms with Crippen molar-refractivity contribution in [3.63, 3.8) is 0 Å². The molecule has 0 fully saturated rings. The van der Waals surface area contributed by atoms with E-state index in [1.54, 1.807) is 0 Å². The van der Waals surface area contributed by atoms with Gasteiger partial charge in [0.2, 0.25) is 0 Å². The van der Waals surface area contributed by atoms with Crippen LogP contribution in [0, 0.1) is 5.41 Å². The zero-order valence-electron chi connectivity index (χ0n) is 12.7. The van der Waals surface area contributed by atoms with Crippen LogP contribution in [-0.4, -0.2) is 42.2 Å². The fourth-order valence-electron chi connectivity index (χ4n) is 2.24. The summed E-state index contributed by atoms with van der Waals surface area (Å²) in [5.74, 6) is -1.27. The largest absolute Gasteiger partial charge is 0.481 e.